The van der Waals surface area contributed by atoms with Crippen molar-refractivity contribution in [3.63, 3.8) is 0 Å². The van der Waals surface area contributed by atoms with Gasteiger partial charge in [-0.05, 0) is 93.7 Å². The number of nitrogens with one attached hydrogen (secondary N) is 2. The minimum atomic E-state index is -4.89. The van der Waals surface area contributed by atoms with Gasteiger partial charge in [0.1, 0.15) is 17.1 Å². The first-order chi connectivity index (χ1) is 27.1. The molecule has 1 amide bonds. The Morgan fingerprint density at radius 1 is 0.983 bits per heavy atom. The Kier molecular flexibility index (Phi) is 15.8. The summed E-state index contributed by atoms with van der Waals surface area (Å²) in [5, 5.41) is 39.6. The van der Waals surface area contributed by atoms with Crippen molar-refractivity contribution >= 4 is 113 Å². The van der Waals surface area contributed by atoms with E-state index in [9.17, 15) is 35.8 Å². The number of fused-ring (bicyclic) bond motifs is 1. The van der Waals surface area contributed by atoms with Crippen molar-refractivity contribution in [1.82, 2.24) is 15.0 Å². The second-order valence-electron chi connectivity index (χ2n) is 10.2. The fourth-order valence-corrected chi connectivity index (χ4v) is 6.56. The first kappa shape index (κ1) is 45.6. The van der Waals surface area contributed by atoms with Gasteiger partial charge in [0.25, 0.3) is 16.0 Å². The number of carbonyl (C=O) groups is 1. The van der Waals surface area contributed by atoms with E-state index in [1.54, 1.807) is 0 Å². The third kappa shape index (κ3) is 12.2. The fourth-order valence-electron chi connectivity index (χ4n) is 4.44. The molecule has 9 N–H and O–H groups in total. The molecular weight excluding hydrogens is 898 g/mol. The molecule has 29 heteroatoms. The van der Waals surface area contributed by atoms with E-state index in [0.717, 1.165) is 23.9 Å². The molecule has 0 saturated heterocycles. The number of ether oxygens (including phenoxy) is 1. The molecule has 0 atom stereocenters. The maximum absolute atomic E-state index is 13.5. The first-order valence-electron chi connectivity index (χ1n) is 14.5. The third-order valence-electron chi connectivity index (χ3n) is 6.68. The van der Waals surface area contributed by atoms with Gasteiger partial charge in [0.15, 0.2) is 11.9 Å². The van der Waals surface area contributed by atoms with Crippen LogP contribution in [-0.2, 0) is 39.1 Å². The minimum absolute atomic E-state index is 0. The number of benzene rings is 4. The van der Waals surface area contributed by atoms with Crippen LogP contribution >= 0.6 is 47.4 Å². The highest BCUT2D eigenvalue weighted by atomic mass is 35.5. The number of methoxy groups -OCH3 is 1. The normalized spacial score (nSPS) is 11.4. The molecule has 1 heterocycles. The number of amides is 1. The lowest BCUT2D eigenvalue weighted by Crippen LogP contribution is -2.13. The first-order valence-corrected chi connectivity index (χ1v) is 20.1. The number of azo groups is 1. The van der Waals surface area contributed by atoms with Gasteiger partial charge in [0, 0.05) is 26.8 Å². The Morgan fingerprint density at radius 3 is 2.38 bits per heavy atom. The molecule has 1 aromatic heterocycles. The van der Waals surface area contributed by atoms with Crippen molar-refractivity contribution < 1.29 is 74.5 Å². The van der Waals surface area contributed by atoms with Crippen molar-refractivity contribution in [2.24, 2.45) is 10.2 Å². The summed E-state index contributed by atoms with van der Waals surface area (Å²) >= 11 is 7.26. The van der Waals surface area contributed by atoms with Gasteiger partial charge in [-0.3, -0.25) is 18.8 Å². The van der Waals surface area contributed by atoms with Crippen LogP contribution in [0.1, 0.15) is 10.4 Å². The molecule has 0 fully saturated rings. The van der Waals surface area contributed by atoms with Crippen LogP contribution < -0.4 is 15.4 Å². The van der Waals surface area contributed by atoms with Gasteiger partial charge < -0.3 is 30.5 Å². The fraction of sp³-hybridized carbons (Fsp3) is 0.0345. The number of phenolic OH excluding ortho intramolecular Hbond substituents is 1. The highest BCUT2D eigenvalue weighted by Crippen LogP contribution is 2.47. The summed E-state index contributed by atoms with van der Waals surface area (Å²) in [6.45, 7) is 0. The standard InChI is InChI=1S/C29H20ClN7O15S5.H2O/c1-48-21-12-17(53-9-8-49-52-57(45,46)47)6-7-19(21)36-37-24-22(55-51-50-40)11-15-10-18(56(42,43)44)13-20(23(15)25(24)38)32-26(39)14-2-4-16(5-3-14)31-28-33-27(30)34-29(35-28)54-41;/h2-7,10-13,38,40-41H,1H3,(H,32,39)(H,42,43,44)(H,45,46,47)(H,31,33,34,35);1H2. The molecule has 0 saturated carbocycles. The molecule has 0 spiro atoms. The Labute approximate surface area is 343 Å². The van der Waals surface area contributed by atoms with E-state index in [4.69, 9.17) is 26.1 Å². The predicted molar refractivity (Wildman–Crippen MR) is 205 cm³/mol. The van der Waals surface area contributed by atoms with Crippen LogP contribution in [0, 0.1) is 11.4 Å². The maximum Gasteiger partial charge on any atom is 0.433 e. The molecule has 306 valence electrons. The number of halogens is 1. The van der Waals surface area contributed by atoms with E-state index in [2.05, 4.69) is 59.7 Å². The highest BCUT2D eigenvalue weighted by molar-refractivity contribution is 8.04. The summed E-state index contributed by atoms with van der Waals surface area (Å²) in [7, 11) is -8.45. The van der Waals surface area contributed by atoms with Gasteiger partial charge in [0.05, 0.1) is 46.7 Å². The molecule has 0 bridgehead atoms. The lowest BCUT2D eigenvalue weighted by atomic mass is 10.1. The number of aromatic nitrogens is 3. The summed E-state index contributed by atoms with van der Waals surface area (Å²) in [6.07, 6.45) is 1.89. The maximum atomic E-state index is 13.5. The summed E-state index contributed by atoms with van der Waals surface area (Å²) in [6, 6.07) is 13.2. The third-order valence-corrected chi connectivity index (χ3v) is 9.56. The lowest BCUT2D eigenvalue weighted by Gasteiger charge is -2.15. The van der Waals surface area contributed by atoms with Crippen LogP contribution in [0.15, 0.2) is 90.7 Å². The topological polar surface area (TPSA) is 352 Å². The van der Waals surface area contributed by atoms with E-state index in [1.165, 1.54) is 55.6 Å². The van der Waals surface area contributed by atoms with Crippen molar-refractivity contribution in [2.75, 3.05) is 17.7 Å². The molecule has 0 aliphatic heterocycles. The van der Waals surface area contributed by atoms with Crippen LogP contribution in [0.4, 0.5) is 28.7 Å². The number of hydrogen-bond donors (Lipinski definition) is 7. The number of anilines is 3. The van der Waals surface area contributed by atoms with Crippen molar-refractivity contribution in [3.8, 4) is 22.9 Å². The molecular formula is C29H22ClN7O16S5. The van der Waals surface area contributed by atoms with Crippen LogP contribution in [0.25, 0.3) is 10.8 Å². The highest BCUT2D eigenvalue weighted by Gasteiger charge is 2.23. The Balaban J connectivity index is 0.00000744. The molecule has 4 aromatic carbocycles. The largest absolute Gasteiger partial charge is 0.505 e. The number of nitrogens with zero attached hydrogens (tertiary/aromatic N) is 5. The zero-order valence-electron chi connectivity index (χ0n) is 28.2. The smallest absolute Gasteiger partial charge is 0.433 e. The van der Waals surface area contributed by atoms with Gasteiger partial charge in [-0.25, -0.2) is 5.26 Å². The van der Waals surface area contributed by atoms with E-state index in [1.807, 2.05) is 6.11 Å². The Bertz CT molecular complexity index is 2650. The number of hydrogen-bond acceptors (Lipinski definition) is 22. The molecule has 0 aliphatic carbocycles. The molecule has 0 radical (unpaired) electrons. The molecule has 58 heavy (non-hydrogen) atoms. The van der Waals surface area contributed by atoms with Gasteiger partial charge >= 0.3 is 10.4 Å². The van der Waals surface area contributed by atoms with Crippen molar-refractivity contribution in [1.29, 1.82) is 0 Å². The monoisotopic (exact) mass is 919 g/mol. The Hall–Kier alpha value is -5.10. The summed E-state index contributed by atoms with van der Waals surface area (Å²) in [5.74, 6) is -1.35. The SMILES string of the molecule is COc1cc(SC#COOS(=O)(=O)O)ccc1N=Nc1c(SOOO)cc2cc(S(=O)(=O)O)cc(NC(=O)c3ccc(Nc4nc(Cl)nc(SO)n4)cc3)c2c1O.O. The number of rotatable bonds is 15. The second-order valence-corrected chi connectivity index (χ2v) is 15.1. The molecule has 0 unspecified atom stereocenters. The minimum Gasteiger partial charge on any atom is -0.505 e. The van der Waals surface area contributed by atoms with E-state index < -0.39 is 37.1 Å². The zero-order valence-corrected chi connectivity index (χ0v) is 33.1. The number of aromatic hydroxyl groups is 1. The summed E-state index contributed by atoms with van der Waals surface area (Å²) in [5.41, 5.74) is -0.0962. The lowest BCUT2D eigenvalue weighted by molar-refractivity contribution is -0.432. The number of thioether (sulfide) groups is 1. The molecule has 23 nitrogen and oxygen atoms in total. The summed E-state index contributed by atoms with van der Waals surface area (Å²) < 4.78 is 86.8. The van der Waals surface area contributed by atoms with Gasteiger partial charge in [-0.2, -0.15) is 31.8 Å². The van der Waals surface area contributed by atoms with Gasteiger partial charge in [0.2, 0.25) is 16.4 Å². The Morgan fingerprint density at radius 2 is 1.72 bits per heavy atom. The number of carbonyl (C=O) groups excluding carboxylic acids is 1. The number of phenols is 1. The summed E-state index contributed by atoms with van der Waals surface area (Å²) in [4.78, 5) is 28.8. The van der Waals surface area contributed by atoms with Crippen LogP contribution in [0.5, 0.6) is 11.5 Å². The average molecular weight is 920 g/mol. The second kappa shape index (κ2) is 20.0. The van der Waals surface area contributed by atoms with Crippen molar-refractivity contribution in [2.45, 2.75) is 19.8 Å². The van der Waals surface area contributed by atoms with E-state index in [0.29, 0.717) is 22.6 Å². The average Bonchev–Trinajstić information content (AvgIpc) is 3.15. The van der Waals surface area contributed by atoms with E-state index >= 15 is 0 Å². The molecule has 5 rings (SSSR count). The molecule has 0 aliphatic rings. The van der Waals surface area contributed by atoms with Gasteiger partial charge in [-0.1, -0.05) is 5.04 Å². The zero-order chi connectivity index (χ0) is 41.3. The molecule has 5 aromatic rings. The van der Waals surface area contributed by atoms with Gasteiger partial charge in [-0.15, -0.1) is 14.6 Å². The quantitative estimate of drug-likeness (QED) is 0.0121. The van der Waals surface area contributed by atoms with Crippen LogP contribution in [-0.4, -0.2) is 74.3 Å². The van der Waals surface area contributed by atoms with E-state index in [-0.39, 0.29) is 78.0 Å². The van der Waals surface area contributed by atoms with Crippen LogP contribution in [0.3, 0.4) is 0 Å². The predicted octanol–water partition coefficient (Wildman–Crippen LogP) is 5.98. The van der Waals surface area contributed by atoms with Crippen molar-refractivity contribution in [3.05, 3.63) is 71.5 Å². The van der Waals surface area contributed by atoms with Crippen LogP contribution in [0.2, 0.25) is 5.28 Å².